The summed E-state index contributed by atoms with van der Waals surface area (Å²) in [6.07, 6.45) is 9.35. The molecule has 0 unspecified atom stereocenters. The quantitative estimate of drug-likeness (QED) is 0.398. The molecule has 1 rings (SSSR count). The number of unbranched alkanes of at least 4 members (excludes halogenated alkanes) is 2. The van der Waals surface area contributed by atoms with Crippen LogP contribution in [0.1, 0.15) is 77.3 Å². The van der Waals surface area contributed by atoms with E-state index in [0.29, 0.717) is 0 Å². The Morgan fingerprint density at radius 2 is 1.81 bits per heavy atom. The van der Waals surface area contributed by atoms with Crippen molar-refractivity contribution in [3.05, 3.63) is 41.5 Å². The lowest BCUT2D eigenvalue weighted by Gasteiger charge is -2.08. The normalized spacial score (nSPS) is 11.4. The standard InChI is InChI=1S/C21H30/c1-5-7-8-9-11-19-13-16-21(17-14-19)20(10-6-2)15-12-18(3)4/h13-18H,5-8,10,12H2,1-4H3/b20-15+. The molecule has 0 atom stereocenters. The number of benzene rings is 1. The van der Waals surface area contributed by atoms with Crippen molar-refractivity contribution < 1.29 is 0 Å². The zero-order valence-electron chi connectivity index (χ0n) is 14.2. The Morgan fingerprint density at radius 3 is 2.38 bits per heavy atom. The van der Waals surface area contributed by atoms with Gasteiger partial charge in [0.05, 0.1) is 0 Å². The van der Waals surface area contributed by atoms with Crippen LogP contribution in [0.25, 0.3) is 5.57 Å². The van der Waals surface area contributed by atoms with E-state index in [1.54, 1.807) is 0 Å². The lowest BCUT2D eigenvalue weighted by molar-refractivity contribution is 0.663. The van der Waals surface area contributed by atoms with Gasteiger partial charge in [-0.15, -0.1) is 0 Å². The molecule has 21 heavy (non-hydrogen) atoms. The van der Waals surface area contributed by atoms with Crippen LogP contribution in [0.3, 0.4) is 0 Å². The summed E-state index contributed by atoms with van der Waals surface area (Å²) in [4.78, 5) is 0. The molecule has 1 aromatic carbocycles. The molecule has 0 aliphatic heterocycles. The van der Waals surface area contributed by atoms with Gasteiger partial charge in [-0.2, -0.15) is 0 Å². The van der Waals surface area contributed by atoms with Crippen LogP contribution in [0, 0.1) is 17.8 Å². The lowest BCUT2D eigenvalue weighted by Crippen LogP contribution is -1.89. The predicted octanol–water partition coefficient (Wildman–Crippen LogP) is 6.46. The Morgan fingerprint density at radius 1 is 1.10 bits per heavy atom. The fourth-order valence-corrected chi connectivity index (χ4v) is 2.21. The molecule has 0 amide bonds. The highest BCUT2D eigenvalue weighted by Gasteiger charge is 2.01. The molecule has 0 aromatic heterocycles. The summed E-state index contributed by atoms with van der Waals surface area (Å²) in [5.41, 5.74) is 3.97. The molecule has 0 aliphatic carbocycles. The topological polar surface area (TPSA) is 0 Å². The van der Waals surface area contributed by atoms with E-state index in [-0.39, 0.29) is 0 Å². The second-order valence-electron chi connectivity index (χ2n) is 6.09. The van der Waals surface area contributed by atoms with E-state index in [2.05, 4.69) is 69.9 Å². The van der Waals surface area contributed by atoms with E-state index >= 15 is 0 Å². The molecule has 0 nitrogen and oxygen atoms in total. The molecule has 1 aromatic rings. The monoisotopic (exact) mass is 282 g/mol. The summed E-state index contributed by atoms with van der Waals surface area (Å²) in [7, 11) is 0. The molecule has 0 heteroatoms. The number of allylic oxidation sites excluding steroid dienone is 2. The van der Waals surface area contributed by atoms with E-state index in [4.69, 9.17) is 0 Å². The minimum atomic E-state index is 0.723. The summed E-state index contributed by atoms with van der Waals surface area (Å²) >= 11 is 0. The van der Waals surface area contributed by atoms with Crippen molar-refractivity contribution in [3.8, 4) is 11.8 Å². The van der Waals surface area contributed by atoms with Crippen LogP contribution < -0.4 is 0 Å². The van der Waals surface area contributed by atoms with Crippen molar-refractivity contribution in [3.63, 3.8) is 0 Å². The fourth-order valence-electron chi connectivity index (χ4n) is 2.21. The summed E-state index contributed by atoms with van der Waals surface area (Å²) in [6.45, 7) is 9.00. The van der Waals surface area contributed by atoms with Gasteiger partial charge >= 0.3 is 0 Å². The van der Waals surface area contributed by atoms with Gasteiger partial charge in [0.2, 0.25) is 0 Å². The Labute approximate surface area is 131 Å². The van der Waals surface area contributed by atoms with E-state index in [1.165, 1.54) is 30.4 Å². The van der Waals surface area contributed by atoms with Gasteiger partial charge in [0.1, 0.15) is 0 Å². The molecule has 0 bridgehead atoms. The molecular formula is C21H30. The Hall–Kier alpha value is -1.48. The maximum absolute atomic E-state index is 3.26. The van der Waals surface area contributed by atoms with Gasteiger partial charge in [0.15, 0.2) is 0 Å². The number of hydrogen-bond donors (Lipinski definition) is 0. The maximum Gasteiger partial charge on any atom is 0.0245 e. The lowest BCUT2D eigenvalue weighted by atomic mass is 9.97. The second-order valence-corrected chi connectivity index (χ2v) is 6.09. The molecule has 0 aliphatic rings. The van der Waals surface area contributed by atoms with E-state index < -0.39 is 0 Å². The van der Waals surface area contributed by atoms with Crippen LogP contribution >= 0.6 is 0 Å². The fraction of sp³-hybridized carbons (Fsp3) is 0.524. The van der Waals surface area contributed by atoms with Gasteiger partial charge in [-0.05, 0) is 48.4 Å². The SMILES string of the molecule is CCCCC#Cc1ccc(/C(=C/CC(C)C)CCC)cc1. The summed E-state index contributed by atoms with van der Waals surface area (Å²) in [5, 5.41) is 0. The van der Waals surface area contributed by atoms with Crippen LogP contribution in [-0.2, 0) is 0 Å². The van der Waals surface area contributed by atoms with Gasteiger partial charge in [-0.25, -0.2) is 0 Å². The Bertz CT molecular complexity index is 477. The van der Waals surface area contributed by atoms with Crippen molar-refractivity contribution in [2.75, 3.05) is 0 Å². The predicted molar refractivity (Wildman–Crippen MR) is 95.2 cm³/mol. The van der Waals surface area contributed by atoms with Crippen LogP contribution in [0.4, 0.5) is 0 Å². The number of hydrogen-bond acceptors (Lipinski definition) is 0. The minimum absolute atomic E-state index is 0.723. The summed E-state index contributed by atoms with van der Waals surface area (Å²) in [5.74, 6) is 7.23. The first kappa shape index (κ1) is 17.6. The first-order valence-corrected chi connectivity index (χ1v) is 8.45. The van der Waals surface area contributed by atoms with E-state index in [9.17, 15) is 0 Å². The maximum atomic E-state index is 3.26. The van der Waals surface area contributed by atoms with Gasteiger partial charge in [-0.1, -0.05) is 70.6 Å². The molecule has 114 valence electrons. The van der Waals surface area contributed by atoms with Crippen LogP contribution in [0.5, 0.6) is 0 Å². The van der Waals surface area contributed by atoms with Gasteiger partial charge in [0.25, 0.3) is 0 Å². The van der Waals surface area contributed by atoms with Crippen LogP contribution in [0.15, 0.2) is 30.3 Å². The molecule has 0 saturated heterocycles. The van der Waals surface area contributed by atoms with Crippen molar-refractivity contribution in [1.29, 1.82) is 0 Å². The average Bonchev–Trinajstić information content (AvgIpc) is 2.48. The van der Waals surface area contributed by atoms with Crippen molar-refractivity contribution >= 4 is 5.57 Å². The van der Waals surface area contributed by atoms with Gasteiger partial charge in [0, 0.05) is 12.0 Å². The third-order valence-corrected chi connectivity index (χ3v) is 3.50. The summed E-state index contributed by atoms with van der Waals surface area (Å²) < 4.78 is 0. The third kappa shape index (κ3) is 7.19. The van der Waals surface area contributed by atoms with Gasteiger partial charge < -0.3 is 0 Å². The first-order valence-electron chi connectivity index (χ1n) is 8.45. The highest BCUT2D eigenvalue weighted by atomic mass is 14.1. The minimum Gasteiger partial charge on any atom is -0.0979 e. The van der Waals surface area contributed by atoms with Crippen LogP contribution in [-0.4, -0.2) is 0 Å². The zero-order chi connectivity index (χ0) is 15.5. The third-order valence-electron chi connectivity index (χ3n) is 3.50. The largest absolute Gasteiger partial charge is 0.0979 e. The molecule has 0 spiro atoms. The first-order chi connectivity index (χ1) is 10.2. The second kappa shape index (κ2) is 10.3. The average molecular weight is 282 g/mol. The van der Waals surface area contributed by atoms with E-state index in [0.717, 1.165) is 30.7 Å². The molecule has 0 heterocycles. The van der Waals surface area contributed by atoms with E-state index in [1.807, 2.05) is 0 Å². The zero-order valence-corrected chi connectivity index (χ0v) is 14.2. The Kier molecular flexibility index (Phi) is 8.60. The van der Waals surface area contributed by atoms with Gasteiger partial charge in [-0.3, -0.25) is 0 Å². The molecule has 0 N–H and O–H groups in total. The Balaban J connectivity index is 2.77. The highest BCUT2D eigenvalue weighted by molar-refractivity contribution is 5.66. The summed E-state index contributed by atoms with van der Waals surface area (Å²) in [6, 6.07) is 8.78. The molecule has 0 saturated carbocycles. The molecular weight excluding hydrogens is 252 g/mol. The van der Waals surface area contributed by atoms with Crippen molar-refractivity contribution in [2.24, 2.45) is 5.92 Å². The molecule has 0 fully saturated rings. The van der Waals surface area contributed by atoms with Crippen molar-refractivity contribution in [2.45, 2.75) is 66.2 Å². The smallest absolute Gasteiger partial charge is 0.0245 e. The molecule has 0 radical (unpaired) electrons. The van der Waals surface area contributed by atoms with Crippen molar-refractivity contribution in [1.82, 2.24) is 0 Å². The number of rotatable bonds is 7. The van der Waals surface area contributed by atoms with Crippen LogP contribution in [0.2, 0.25) is 0 Å². The highest BCUT2D eigenvalue weighted by Crippen LogP contribution is 2.22.